The summed E-state index contributed by atoms with van der Waals surface area (Å²) in [6, 6.07) is 12.7. The first-order valence-corrected chi connectivity index (χ1v) is 11.2. The number of nitrogens with zero attached hydrogens (tertiary/aromatic N) is 2. The number of methoxy groups -OCH3 is 1. The highest BCUT2D eigenvalue weighted by molar-refractivity contribution is 7.92. The number of carbonyl (C=O) groups excluding carboxylic acids is 1. The predicted molar refractivity (Wildman–Crippen MR) is 118 cm³/mol. The fraction of sp³-hybridized carbons (Fsp3) is 0.333. The molecule has 2 aromatic carbocycles. The van der Waals surface area contributed by atoms with Crippen molar-refractivity contribution in [1.29, 1.82) is 0 Å². The lowest BCUT2D eigenvalue weighted by atomic mass is 10.1. The third-order valence-corrected chi connectivity index (χ3v) is 5.57. The minimum Gasteiger partial charge on any atom is -0.497 e. The Balaban J connectivity index is 2.18. The molecular weight excluding hydrogens is 406 g/mol. The maximum absolute atomic E-state index is 12.6. The first-order valence-electron chi connectivity index (χ1n) is 9.38. The van der Waals surface area contributed by atoms with Crippen molar-refractivity contribution in [2.45, 2.75) is 26.8 Å². The van der Waals surface area contributed by atoms with Gasteiger partial charge < -0.3 is 9.47 Å². The van der Waals surface area contributed by atoms with E-state index in [1.807, 2.05) is 19.1 Å². The van der Waals surface area contributed by atoms with E-state index in [1.165, 1.54) is 6.92 Å². The Labute approximate surface area is 177 Å². The minimum absolute atomic E-state index is 0.361. The number of benzene rings is 2. The Morgan fingerprint density at radius 1 is 1.10 bits per heavy atom. The van der Waals surface area contributed by atoms with Crippen LogP contribution in [0.2, 0.25) is 0 Å². The number of nitrogens with one attached hydrogen (secondary N) is 1. The second-order valence-corrected chi connectivity index (χ2v) is 8.42. The molecule has 0 aliphatic carbocycles. The third-order valence-electron chi connectivity index (χ3n) is 4.33. The molecule has 0 unspecified atom stereocenters. The van der Waals surface area contributed by atoms with Crippen molar-refractivity contribution in [3.05, 3.63) is 54.1 Å². The molecule has 0 saturated carbocycles. The number of hydrazone groups is 1. The molecule has 0 saturated heterocycles. The lowest BCUT2D eigenvalue weighted by Gasteiger charge is -2.27. The van der Waals surface area contributed by atoms with Gasteiger partial charge in [0, 0.05) is 0 Å². The second-order valence-electron chi connectivity index (χ2n) is 6.56. The number of amides is 1. The van der Waals surface area contributed by atoms with Crippen LogP contribution < -0.4 is 19.2 Å². The van der Waals surface area contributed by atoms with E-state index in [9.17, 15) is 13.2 Å². The van der Waals surface area contributed by atoms with Crippen LogP contribution in [0.4, 0.5) is 5.69 Å². The number of ether oxygens (including phenoxy) is 2. The highest BCUT2D eigenvalue weighted by Crippen LogP contribution is 2.24. The van der Waals surface area contributed by atoms with E-state index >= 15 is 0 Å². The third kappa shape index (κ3) is 5.96. The van der Waals surface area contributed by atoms with Crippen molar-refractivity contribution >= 4 is 27.3 Å². The molecule has 30 heavy (non-hydrogen) atoms. The van der Waals surface area contributed by atoms with Crippen LogP contribution in [0.25, 0.3) is 0 Å². The fourth-order valence-electron chi connectivity index (χ4n) is 2.79. The van der Waals surface area contributed by atoms with E-state index in [-0.39, 0.29) is 0 Å². The SMILES string of the molecule is CCOc1ccc(N([C@H](C)C(=O)N/N=C(/C)c2ccc(OC)cc2)S(C)(=O)=O)cc1. The van der Waals surface area contributed by atoms with Crippen LogP contribution in [-0.4, -0.2) is 46.1 Å². The average Bonchev–Trinajstić information content (AvgIpc) is 2.72. The highest BCUT2D eigenvalue weighted by atomic mass is 32.2. The molecule has 8 nitrogen and oxygen atoms in total. The molecule has 0 radical (unpaired) electrons. The molecule has 1 atom stereocenters. The molecule has 0 bridgehead atoms. The molecule has 1 amide bonds. The van der Waals surface area contributed by atoms with E-state index in [1.54, 1.807) is 50.4 Å². The molecule has 2 aromatic rings. The molecule has 2 rings (SSSR count). The van der Waals surface area contributed by atoms with E-state index in [0.29, 0.717) is 29.5 Å². The van der Waals surface area contributed by atoms with Crippen LogP contribution in [0, 0.1) is 0 Å². The lowest BCUT2D eigenvalue weighted by molar-refractivity contribution is -0.121. The van der Waals surface area contributed by atoms with Gasteiger partial charge in [0.05, 0.1) is 31.4 Å². The summed E-state index contributed by atoms with van der Waals surface area (Å²) in [5.41, 5.74) is 4.19. The summed E-state index contributed by atoms with van der Waals surface area (Å²) in [7, 11) is -2.14. The van der Waals surface area contributed by atoms with Crippen molar-refractivity contribution in [3.63, 3.8) is 0 Å². The Hall–Kier alpha value is -3.07. The molecule has 0 fully saturated rings. The number of hydrogen-bond acceptors (Lipinski definition) is 6. The summed E-state index contributed by atoms with van der Waals surface area (Å²) in [5.74, 6) is 0.775. The number of anilines is 1. The topological polar surface area (TPSA) is 97.3 Å². The minimum atomic E-state index is -3.72. The molecule has 0 spiro atoms. The summed E-state index contributed by atoms with van der Waals surface area (Å²) in [5, 5.41) is 4.10. The monoisotopic (exact) mass is 433 g/mol. The van der Waals surface area contributed by atoms with Crippen LogP contribution in [0.1, 0.15) is 26.3 Å². The molecule has 0 aromatic heterocycles. The van der Waals surface area contributed by atoms with Crippen molar-refractivity contribution in [2.75, 3.05) is 24.3 Å². The average molecular weight is 434 g/mol. The lowest BCUT2D eigenvalue weighted by Crippen LogP contribution is -2.46. The van der Waals surface area contributed by atoms with Crippen molar-refractivity contribution in [1.82, 2.24) is 5.43 Å². The fourth-order valence-corrected chi connectivity index (χ4v) is 3.97. The quantitative estimate of drug-likeness (QED) is 0.484. The summed E-state index contributed by atoms with van der Waals surface area (Å²) in [6.45, 7) is 5.61. The summed E-state index contributed by atoms with van der Waals surface area (Å²) < 4.78 is 36.3. The molecule has 162 valence electrons. The smallest absolute Gasteiger partial charge is 0.263 e. The number of hydrogen-bond donors (Lipinski definition) is 1. The zero-order valence-corrected chi connectivity index (χ0v) is 18.6. The van der Waals surface area contributed by atoms with Crippen LogP contribution in [-0.2, 0) is 14.8 Å². The highest BCUT2D eigenvalue weighted by Gasteiger charge is 2.29. The summed E-state index contributed by atoms with van der Waals surface area (Å²) >= 11 is 0. The van der Waals surface area contributed by atoms with Crippen molar-refractivity contribution in [3.8, 4) is 11.5 Å². The first kappa shape index (κ1) is 23.2. The number of carbonyl (C=O) groups is 1. The van der Waals surface area contributed by atoms with Gasteiger partial charge in [-0.3, -0.25) is 9.10 Å². The number of sulfonamides is 1. The summed E-state index contributed by atoms with van der Waals surface area (Å²) in [6.07, 6.45) is 1.05. The van der Waals surface area contributed by atoms with Gasteiger partial charge in [-0.1, -0.05) is 0 Å². The van der Waals surface area contributed by atoms with Gasteiger partial charge in [0.25, 0.3) is 5.91 Å². The van der Waals surface area contributed by atoms with Crippen LogP contribution >= 0.6 is 0 Å². The van der Waals surface area contributed by atoms with Gasteiger partial charge in [-0.2, -0.15) is 5.10 Å². The van der Waals surface area contributed by atoms with Crippen LogP contribution in [0.3, 0.4) is 0 Å². The van der Waals surface area contributed by atoms with E-state index in [0.717, 1.165) is 16.1 Å². The Kier molecular flexibility index (Phi) is 7.82. The number of rotatable bonds is 9. The van der Waals surface area contributed by atoms with Gasteiger partial charge in [-0.15, -0.1) is 0 Å². The van der Waals surface area contributed by atoms with E-state index in [2.05, 4.69) is 10.5 Å². The maximum atomic E-state index is 12.6. The largest absolute Gasteiger partial charge is 0.497 e. The predicted octanol–water partition coefficient (Wildman–Crippen LogP) is 2.79. The van der Waals surface area contributed by atoms with Crippen molar-refractivity contribution < 1.29 is 22.7 Å². The van der Waals surface area contributed by atoms with Gasteiger partial charge in [0.2, 0.25) is 10.0 Å². The second kappa shape index (κ2) is 10.1. The standard InChI is InChI=1S/C21H27N3O5S/c1-6-29-20-13-9-18(10-14-20)24(30(5,26)27)16(3)21(25)23-22-15(2)17-7-11-19(28-4)12-8-17/h7-14,16H,6H2,1-5H3,(H,23,25)/b22-15-/t16-/m1/s1. The Morgan fingerprint density at radius 2 is 1.67 bits per heavy atom. The van der Waals surface area contributed by atoms with Gasteiger partial charge in [0.15, 0.2) is 0 Å². The van der Waals surface area contributed by atoms with Gasteiger partial charge >= 0.3 is 0 Å². The molecule has 9 heteroatoms. The van der Waals surface area contributed by atoms with Gasteiger partial charge in [-0.25, -0.2) is 13.8 Å². The van der Waals surface area contributed by atoms with Gasteiger partial charge in [-0.05, 0) is 74.9 Å². The zero-order chi connectivity index (χ0) is 22.3. The molecule has 0 aliphatic rings. The van der Waals surface area contributed by atoms with E-state index in [4.69, 9.17) is 9.47 Å². The normalized spacial score (nSPS) is 12.8. The Bertz CT molecular complexity index is 986. The van der Waals surface area contributed by atoms with Crippen molar-refractivity contribution in [2.24, 2.45) is 5.10 Å². The molecule has 0 aliphatic heterocycles. The molecular formula is C21H27N3O5S. The molecule has 1 N–H and O–H groups in total. The zero-order valence-electron chi connectivity index (χ0n) is 17.7. The Morgan fingerprint density at radius 3 is 2.17 bits per heavy atom. The molecule has 0 heterocycles. The first-order chi connectivity index (χ1) is 14.2. The van der Waals surface area contributed by atoms with Crippen LogP contribution in [0.15, 0.2) is 53.6 Å². The van der Waals surface area contributed by atoms with Crippen LogP contribution in [0.5, 0.6) is 11.5 Å². The summed E-state index contributed by atoms with van der Waals surface area (Å²) in [4.78, 5) is 12.6. The van der Waals surface area contributed by atoms with Gasteiger partial charge in [0.1, 0.15) is 17.5 Å². The van der Waals surface area contributed by atoms with E-state index < -0.39 is 22.0 Å². The maximum Gasteiger partial charge on any atom is 0.263 e.